The van der Waals surface area contributed by atoms with Crippen LogP contribution >= 0.6 is 0 Å². The van der Waals surface area contributed by atoms with Crippen LogP contribution in [0.2, 0.25) is 0 Å². The van der Waals surface area contributed by atoms with Gasteiger partial charge in [0.1, 0.15) is 12.4 Å². The lowest BCUT2D eigenvalue weighted by molar-refractivity contribution is 0.146. The predicted octanol–water partition coefficient (Wildman–Crippen LogP) is 1.77. The largest absolute Gasteiger partial charge is 0.491 e. The molecule has 0 radical (unpaired) electrons. The molecule has 0 fully saturated rings. The molecule has 3 heteroatoms. The van der Waals surface area contributed by atoms with Crippen molar-refractivity contribution in [3.05, 3.63) is 29.8 Å². The summed E-state index contributed by atoms with van der Waals surface area (Å²) in [6.07, 6.45) is -0.457. The van der Waals surface area contributed by atoms with E-state index in [0.717, 1.165) is 11.3 Å². The Bertz CT molecular complexity index is 271. The molecule has 0 spiro atoms. The summed E-state index contributed by atoms with van der Waals surface area (Å²) >= 11 is 0. The topological polar surface area (TPSA) is 38.7 Å². The van der Waals surface area contributed by atoms with Crippen LogP contribution in [-0.4, -0.2) is 25.4 Å². The highest BCUT2D eigenvalue weighted by Crippen LogP contribution is 2.18. The van der Waals surface area contributed by atoms with Gasteiger partial charge in [0.25, 0.3) is 0 Å². The molecule has 0 saturated carbocycles. The van der Waals surface area contributed by atoms with Gasteiger partial charge in [-0.05, 0) is 24.6 Å². The Labute approximate surface area is 84.3 Å². The zero-order valence-electron chi connectivity index (χ0n) is 8.56. The number of aliphatic hydroxyl groups excluding tert-OH is 1. The molecule has 0 heterocycles. The molecule has 0 aliphatic carbocycles. The van der Waals surface area contributed by atoms with E-state index >= 15 is 0 Å². The molecule has 14 heavy (non-hydrogen) atoms. The van der Waals surface area contributed by atoms with Crippen LogP contribution in [0, 0.1) is 0 Å². The lowest BCUT2D eigenvalue weighted by Gasteiger charge is -2.08. The van der Waals surface area contributed by atoms with Crippen LogP contribution in [0.25, 0.3) is 0 Å². The second-order valence-electron chi connectivity index (χ2n) is 3.09. The van der Waals surface area contributed by atoms with Gasteiger partial charge < -0.3 is 14.6 Å². The van der Waals surface area contributed by atoms with Crippen molar-refractivity contribution in [2.24, 2.45) is 0 Å². The Morgan fingerprint density at radius 1 is 1.36 bits per heavy atom. The molecule has 1 aromatic rings. The Balaban J connectivity index is 2.55. The number of aliphatic hydroxyl groups is 1. The summed E-state index contributed by atoms with van der Waals surface area (Å²) in [5, 5.41) is 9.34. The number of hydrogen-bond acceptors (Lipinski definition) is 3. The van der Waals surface area contributed by atoms with E-state index in [1.54, 1.807) is 14.0 Å². The highest BCUT2D eigenvalue weighted by atomic mass is 16.5. The van der Waals surface area contributed by atoms with Gasteiger partial charge >= 0.3 is 0 Å². The number of ether oxygens (including phenoxy) is 2. The third-order valence-electron chi connectivity index (χ3n) is 1.90. The van der Waals surface area contributed by atoms with Gasteiger partial charge in [-0.3, -0.25) is 0 Å². The van der Waals surface area contributed by atoms with Crippen molar-refractivity contribution in [1.29, 1.82) is 0 Å². The fraction of sp³-hybridized carbons (Fsp3) is 0.455. The molecule has 1 atom stereocenters. The fourth-order valence-electron chi connectivity index (χ4n) is 1.11. The lowest BCUT2D eigenvalue weighted by atomic mass is 10.1. The van der Waals surface area contributed by atoms with Crippen molar-refractivity contribution in [3.8, 4) is 5.75 Å². The predicted molar refractivity (Wildman–Crippen MR) is 54.4 cm³/mol. The first-order chi connectivity index (χ1) is 6.74. The molecule has 1 rings (SSSR count). The highest BCUT2D eigenvalue weighted by Gasteiger charge is 2.01. The van der Waals surface area contributed by atoms with Crippen molar-refractivity contribution >= 4 is 0 Å². The van der Waals surface area contributed by atoms with Gasteiger partial charge in [0.05, 0.1) is 12.7 Å². The average Bonchev–Trinajstić information content (AvgIpc) is 2.19. The molecule has 1 N–H and O–H groups in total. The normalized spacial score (nSPS) is 12.5. The van der Waals surface area contributed by atoms with E-state index in [-0.39, 0.29) is 0 Å². The van der Waals surface area contributed by atoms with Crippen LogP contribution < -0.4 is 4.74 Å². The molecule has 0 bridgehead atoms. The van der Waals surface area contributed by atoms with Crippen molar-refractivity contribution in [1.82, 2.24) is 0 Å². The molecule has 0 aliphatic heterocycles. The lowest BCUT2D eigenvalue weighted by Crippen LogP contribution is -2.04. The Morgan fingerprint density at radius 2 is 2.14 bits per heavy atom. The van der Waals surface area contributed by atoms with E-state index in [4.69, 9.17) is 9.47 Å². The standard InChI is InChI=1S/C11H16O3/c1-9(12)10-4-3-5-11(8-10)14-7-6-13-2/h3-5,8-9,12H,6-7H2,1-2H3. The summed E-state index contributed by atoms with van der Waals surface area (Å²) in [5.74, 6) is 0.764. The van der Waals surface area contributed by atoms with Crippen LogP contribution in [0.5, 0.6) is 5.75 Å². The maximum Gasteiger partial charge on any atom is 0.119 e. The molecule has 0 saturated heterocycles. The van der Waals surface area contributed by atoms with E-state index in [9.17, 15) is 5.11 Å². The average molecular weight is 196 g/mol. The van der Waals surface area contributed by atoms with Crippen LogP contribution in [0.3, 0.4) is 0 Å². The summed E-state index contributed by atoms with van der Waals surface area (Å²) < 4.78 is 10.3. The van der Waals surface area contributed by atoms with E-state index in [1.165, 1.54) is 0 Å². The smallest absolute Gasteiger partial charge is 0.119 e. The first-order valence-electron chi connectivity index (χ1n) is 4.64. The molecule has 1 aromatic carbocycles. The fourth-order valence-corrected chi connectivity index (χ4v) is 1.11. The van der Waals surface area contributed by atoms with Crippen LogP contribution in [0.1, 0.15) is 18.6 Å². The number of methoxy groups -OCH3 is 1. The third-order valence-corrected chi connectivity index (χ3v) is 1.90. The van der Waals surface area contributed by atoms with Gasteiger partial charge in [0.15, 0.2) is 0 Å². The minimum atomic E-state index is -0.457. The summed E-state index contributed by atoms with van der Waals surface area (Å²) in [7, 11) is 1.63. The zero-order valence-corrected chi connectivity index (χ0v) is 8.56. The number of hydrogen-bond donors (Lipinski definition) is 1. The Kier molecular flexibility index (Phi) is 4.43. The van der Waals surface area contributed by atoms with Crippen molar-refractivity contribution in [2.45, 2.75) is 13.0 Å². The second kappa shape index (κ2) is 5.62. The maximum absolute atomic E-state index is 9.34. The Morgan fingerprint density at radius 3 is 2.79 bits per heavy atom. The molecule has 0 aliphatic rings. The number of benzene rings is 1. The van der Waals surface area contributed by atoms with Crippen molar-refractivity contribution in [3.63, 3.8) is 0 Å². The summed E-state index contributed by atoms with van der Waals surface area (Å²) in [6, 6.07) is 7.43. The van der Waals surface area contributed by atoms with Gasteiger partial charge in [0.2, 0.25) is 0 Å². The summed E-state index contributed by atoms with van der Waals surface area (Å²) in [4.78, 5) is 0. The highest BCUT2D eigenvalue weighted by molar-refractivity contribution is 5.29. The monoisotopic (exact) mass is 196 g/mol. The first-order valence-corrected chi connectivity index (χ1v) is 4.64. The summed E-state index contributed by atoms with van der Waals surface area (Å²) in [6.45, 7) is 2.83. The van der Waals surface area contributed by atoms with Gasteiger partial charge in [-0.25, -0.2) is 0 Å². The molecule has 3 nitrogen and oxygen atoms in total. The maximum atomic E-state index is 9.34. The summed E-state index contributed by atoms with van der Waals surface area (Å²) in [5.41, 5.74) is 0.861. The molecule has 1 unspecified atom stereocenters. The SMILES string of the molecule is COCCOc1cccc(C(C)O)c1. The minimum Gasteiger partial charge on any atom is -0.491 e. The van der Waals surface area contributed by atoms with Crippen LogP contribution in [-0.2, 0) is 4.74 Å². The van der Waals surface area contributed by atoms with Gasteiger partial charge in [-0.1, -0.05) is 12.1 Å². The van der Waals surface area contributed by atoms with Gasteiger partial charge in [-0.15, -0.1) is 0 Å². The van der Waals surface area contributed by atoms with Crippen molar-refractivity contribution < 1.29 is 14.6 Å². The molecular formula is C11H16O3. The van der Waals surface area contributed by atoms with Crippen LogP contribution in [0.4, 0.5) is 0 Å². The van der Waals surface area contributed by atoms with E-state index in [1.807, 2.05) is 24.3 Å². The van der Waals surface area contributed by atoms with Gasteiger partial charge in [-0.2, -0.15) is 0 Å². The quantitative estimate of drug-likeness (QED) is 0.729. The molecule has 0 amide bonds. The van der Waals surface area contributed by atoms with Gasteiger partial charge in [0, 0.05) is 7.11 Å². The van der Waals surface area contributed by atoms with E-state index in [0.29, 0.717) is 13.2 Å². The molecule has 0 aromatic heterocycles. The third kappa shape index (κ3) is 3.36. The van der Waals surface area contributed by atoms with E-state index < -0.39 is 6.10 Å². The number of rotatable bonds is 5. The first kappa shape index (κ1) is 11.0. The van der Waals surface area contributed by atoms with Crippen LogP contribution in [0.15, 0.2) is 24.3 Å². The second-order valence-corrected chi connectivity index (χ2v) is 3.09. The zero-order chi connectivity index (χ0) is 10.4. The molecule has 78 valence electrons. The minimum absolute atomic E-state index is 0.457. The van der Waals surface area contributed by atoms with E-state index in [2.05, 4.69) is 0 Å². The van der Waals surface area contributed by atoms with Crippen molar-refractivity contribution in [2.75, 3.05) is 20.3 Å². The molecular weight excluding hydrogens is 180 g/mol. The Hall–Kier alpha value is -1.06.